The number of ether oxygens (including phenoxy) is 1. The molecule has 1 heterocycles. The molecule has 20 heavy (non-hydrogen) atoms. The molecule has 0 aliphatic carbocycles. The van der Waals surface area contributed by atoms with Crippen LogP contribution in [0.4, 0.5) is 0 Å². The third-order valence-electron chi connectivity index (χ3n) is 3.08. The van der Waals surface area contributed by atoms with E-state index in [9.17, 15) is 5.11 Å². The molecule has 0 fully saturated rings. The number of aromatic nitrogens is 1. The third-order valence-corrected chi connectivity index (χ3v) is 4.15. The second kappa shape index (κ2) is 6.24. The molecule has 0 amide bonds. The Balaban J connectivity index is 2.55. The van der Waals surface area contributed by atoms with E-state index < -0.39 is 6.10 Å². The maximum atomic E-state index is 10.7. The van der Waals surface area contributed by atoms with Crippen molar-refractivity contribution >= 4 is 31.9 Å². The summed E-state index contributed by atoms with van der Waals surface area (Å²) in [7, 11) is 1.61. The Hall–Kier alpha value is -0.910. The molecule has 0 saturated carbocycles. The number of aliphatic hydroxyl groups is 1. The summed E-state index contributed by atoms with van der Waals surface area (Å²) in [5.74, 6) is 0.673. The van der Waals surface area contributed by atoms with Crippen LogP contribution in [0.3, 0.4) is 0 Å². The zero-order valence-corrected chi connectivity index (χ0v) is 14.6. The van der Waals surface area contributed by atoms with Gasteiger partial charge in [0.2, 0.25) is 0 Å². The molecule has 0 spiro atoms. The number of rotatable bonds is 3. The van der Waals surface area contributed by atoms with Crippen molar-refractivity contribution < 1.29 is 9.84 Å². The Kier molecular flexibility index (Phi) is 4.83. The van der Waals surface area contributed by atoms with Crippen LogP contribution in [0.2, 0.25) is 0 Å². The molecule has 106 valence electrons. The average Bonchev–Trinajstić information content (AvgIpc) is 2.37. The molecular weight excluding hydrogens is 386 g/mol. The zero-order valence-electron chi connectivity index (χ0n) is 11.4. The van der Waals surface area contributed by atoms with Crippen molar-refractivity contribution in [3.63, 3.8) is 0 Å². The molecule has 0 aliphatic heterocycles. The number of hydrogen-bond donors (Lipinski definition) is 1. The van der Waals surface area contributed by atoms with Crippen LogP contribution in [0.25, 0.3) is 0 Å². The van der Waals surface area contributed by atoms with Crippen molar-refractivity contribution in [2.45, 2.75) is 20.0 Å². The fraction of sp³-hybridized carbons (Fsp3) is 0.267. The molecule has 1 unspecified atom stereocenters. The van der Waals surface area contributed by atoms with Crippen molar-refractivity contribution in [2.24, 2.45) is 0 Å². The van der Waals surface area contributed by atoms with Crippen molar-refractivity contribution in [2.75, 3.05) is 7.11 Å². The first-order chi connectivity index (χ1) is 9.43. The maximum absolute atomic E-state index is 10.7. The Labute approximate surface area is 135 Å². The highest BCUT2D eigenvalue weighted by Gasteiger charge is 2.21. The fourth-order valence-electron chi connectivity index (χ4n) is 2.22. The third kappa shape index (κ3) is 3.05. The van der Waals surface area contributed by atoms with Crippen molar-refractivity contribution in [3.8, 4) is 5.75 Å². The molecule has 1 N–H and O–H groups in total. The molecule has 2 aromatic rings. The van der Waals surface area contributed by atoms with Gasteiger partial charge in [-0.1, -0.05) is 6.07 Å². The van der Waals surface area contributed by atoms with Crippen LogP contribution in [-0.2, 0) is 0 Å². The average molecular weight is 401 g/mol. The normalized spacial score (nSPS) is 12.3. The maximum Gasteiger partial charge on any atom is 0.126 e. The first kappa shape index (κ1) is 15.5. The largest absolute Gasteiger partial charge is 0.496 e. The predicted molar refractivity (Wildman–Crippen MR) is 86.2 cm³/mol. The smallest absolute Gasteiger partial charge is 0.126 e. The lowest BCUT2D eigenvalue weighted by molar-refractivity contribution is 0.208. The van der Waals surface area contributed by atoms with Crippen LogP contribution in [0.1, 0.15) is 28.5 Å². The van der Waals surface area contributed by atoms with Crippen molar-refractivity contribution in [3.05, 3.63) is 55.7 Å². The lowest BCUT2D eigenvalue weighted by atomic mass is 9.97. The molecule has 1 atom stereocenters. The van der Waals surface area contributed by atoms with Crippen LogP contribution < -0.4 is 4.74 Å². The minimum absolute atomic E-state index is 0.568. The van der Waals surface area contributed by atoms with E-state index >= 15 is 0 Å². The number of pyridine rings is 1. The second-order valence-corrected chi connectivity index (χ2v) is 6.39. The molecule has 5 heteroatoms. The Bertz CT molecular complexity index is 644. The number of benzene rings is 1. The summed E-state index contributed by atoms with van der Waals surface area (Å²) in [4.78, 5) is 4.29. The molecule has 0 bridgehead atoms. The molecule has 0 aliphatic rings. The monoisotopic (exact) mass is 399 g/mol. The lowest BCUT2D eigenvalue weighted by Gasteiger charge is -2.19. The number of hydrogen-bond acceptors (Lipinski definition) is 3. The van der Waals surface area contributed by atoms with E-state index in [4.69, 9.17) is 4.74 Å². The van der Waals surface area contributed by atoms with Crippen molar-refractivity contribution in [1.82, 2.24) is 4.98 Å². The van der Waals surface area contributed by atoms with Crippen LogP contribution in [-0.4, -0.2) is 17.2 Å². The summed E-state index contributed by atoms with van der Waals surface area (Å²) < 4.78 is 7.01. The number of nitrogens with zero attached hydrogens (tertiary/aromatic N) is 1. The Morgan fingerprint density at radius 2 is 1.90 bits per heavy atom. The van der Waals surface area contributed by atoms with Crippen LogP contribution >= 0.6 is 31.9 Å². The standard InChI is InChI=1S/C15H15Br2NO2/c1-8-4-9(2)13(12(5-8)20-3)15(19)14-11(17)6-10(16)7-18-14/h4-7,15,19H,1-3H3. The van der Waals surface area contributed by atoms with Crippen LogP contribution in [0, 0.1) is 13.8 Å². The Morgan fingerprint density at radius 1 is 1.20 bits per heavy atom. The minimum atomic E-state index is -0.840. The highest BCUT2D eigenvalue weighted by Crippen LogP contribution is 2.36. The van der Waals surface area contributed by atoms with Gasteiger partial charge in [0.1, 0.15) is 11.9 Å². The summed E-state index contributed by atoms with van der Waals surface area (Å²) >= 11 is 6.79. The van der Waals surface area contributed by atoms with Gasteiger partial charge in [0.25, 0.3) is 0 Å². The van der Waals surface area contributed by atoms with E-state index in [1.54, 1.807) is 13.3 Å². The lowest BCUT2D eigenvalue weighted by Crippen LogP contribution is -2.08. The van der Waals surface area contributed by atoms with E-state index in [0.717, 1.165) is 25.6 Å². The highest BCUT2D eigenvalue weighted by atomic mass is 79.9. The van der Waals surface area contributed by atoms with Gasteiger partial charge in [0.05, 0.1) is 12.8 Å². The Morgan fingerprint density at radius 3 is 2.50 bits per heavy atom. The quantitative estimate of drug-likeness (QED) is 0.834. The van der Waals surface area contributed by atoms with E-state index in [1.165, 1.54) is 0 Å². The molecule has 3 nitrogen and oxygen atoms in total. The summed E-state index contributed by atoms with van der Waals surface area (Å²) in [6, 6.07) is 5.80. The zero-order chi connectivity index (χ0) is 14.9. The van der Waals surface area contributed by atoms with Crippen LogP contribution in [0.5, 0.6) is 5.75 Å². The van der Waals surface area contributed by atoms with Crippen molar-refractivity contribution in [1.29, 1.82) is 0 Å². The molecule has 0 saturated heterocycles. The van der Waals surface area contributed by atoms with E-state index in [-0.39, 0.29) is 0 Å². The molecule has 1 aromatic carbocycles. The molecule has 0 radical (unpaired) electrons. The van der Waals surface area contributed by atoms with Gasteiger partial charge >= 0.3 is 0 Å². The summed E-state index contributed by atoms with van der Waals surface area (Å²) in [5.41, 5.74) is 3.39. The van der Waals surface area contributed by atoms with Gasteiger partial charge in [-0.25, -0.2) is 0 Å². The van der Waals surface area contributed by atoms with Gasteiger partial charge in [-0.15, -0.1) is 0 Å². The van der Waals surface area contributed by atoms with E-state index in [2.05, 4.69) is 36.8 Å². The first-order valence-corrected chi connectivity index (χ1v) is 7.66. The summed E-state index contributed by atoms with van der Waals surface area (Å²) in [6.45, 7) is 3.96. The predicted octanol–water partition coefficient (Wildman–Crippen LogP) is 4.31. The highest BCUT2D eigenvalue weighted by molar-refractivity contribution is 9.11. The summed E-state index contributed by atoms with van der Waals surface area (Å²) in [6.07, 6.45) is 0.826. The number of aliphatic hydroxyl groups excluding tert-OH is 1. The fourth-order valence-corrected chi connectivity index (χ4v) is 3.43. The van der Waals surface area contributed by atoms with Gasteiger partial charge < -0.3 is 9.84 Å². The second-order valence-electron chi connectivity index (χ2n) is 4.62. The number of halogens is 2. The van der Waals surface area contributed by atoms with Crippen LogP contribution in [0.15, 0.2) is 33.3 Å². The number of methoxy groups -OCH3 is 1. The molecular formula is C15H15Br2NO2. The van der Waals surface area contributed by atoms with Gasteiger partial charge in [-0.3, -0.25) is 4.98 Å². The minimum Gasteiger partial charge on any atom is -0.496 e. The van der Waals surface area contributed by atoms with Gasteiger partial charge in [0.15, 0.2) is 0 Å². The van der Waals surface area contributed by atoms with Gasteiger partial charge in [-0.2, -0.15) is 0 Å². The van der Waals surface area contributed by atoms with Gasteiger partial charge in [-0.05, 0) is 69.0 Å². The summed E-state index contributed by atoms with van der Waals surface area (Å²) in [5, 5.41) is 10.7. The van der Waals surface area contributed by atoms with Gasteiger partial charge in [0, 0.05) is 20.7 Å². The SMILES string of the molecule is COc1cc(C)cc(C)c1C(O)c1ncc(Br)cc1Br. The van der Waals surface area contributed by atoms with E-state index in [1.807, 2.05) is 32.0 Å². The number of aryl methyl sites for hydroxylation is 2. The topological polar surface area (TPSA) is 42.4 Å². The molecule has 2 rings (SSSR count). The van der Waals surface area contributed by atoms with E-state index in [0.29, 0.717) is 11.4 Å². The first-order valence-electron chi connectivity index (χ1n) is 6.08. The molecule has 1 aromatic heterocycles.